The molecule has 0 saturated carbocycles. The van der Waals surface area contributed by atoms with Crippen LogP contribution in [0.25, 0.3) is 0 Å². The third-order valence-corrected chi connectivity index (χ3v) is 6.78. The molecule has 2 N–H and O–H groups in total. The molecule has 0 aliphatic carbocycles. The van der Waals surface area contributed by atoms with Gasteiger partial charge in [-0.15, -0.1) is 0 Å². The smallest absolute Gasteiger partial charge is 0.336 e. The van der Waals surface area contributed by atoms with Crippen molar-refractivity contribution in [2.45, 2.75) is 31.0 Å². The van der Waals surface area contributed by atoms with Crippen molar-refractivity contribution in [2.24, 2.45) is 16.8 Å². The third-order valence-electron chi connectivity index (χ3n) is 4.99. The number of halogens is 3. The first-order valence-electron chi connectivity index (χ1n) is 8.79. The van der Waals surface area contributed by atoms with E-state index in [0.717, 1.165) is 12.3 Å². The average Bonchev–Trinajstić information content (AvgIpc) is 2.61. The van der Waals surface area contributed by atoms with Gasteiger partial charge in [0.25, 0.3) is 10.0 Å². The van der Waals surface area contributed by atoms with E-state index in [-0.39, 0.29) is 10.2 Å². The number of carbonyl (C=O) groups excluding carboxylic acids is 2. The summed E-state index contributed by atoms with van der Waals surface area (Å²) in [6, 6.07) is -0.282. The van der Waals surface area contributed by atoms with Gasteiger partial charge in [0.2, 0.25) is 5.91 Å². The van der Waals surface area contributed by atoms with Crippen molar-refractivity contribution in [3.05, 3.63) is 23.8 Å². The first-order valence-corrected chi connectivity index (χ1v) is 10.2. The molecule has 0 aromatic heterocycles. The molecule has 0 bridgehead atoms. The molecule has 0 radical (unpaired) electrons. The molecule has 4 atom stereocenters. The summed E-state index contributed by atoms with van der Waals surface area (Å²) in [5.74, 6) is -4.72. The topological polar surface area (TPSA) is 108 Å². The number of hydrogen-bond acceptors (Lipinski definition) is 5. The van der Waals surface area contributed by atoms with Crippen LogP contribution in [0, 0.1) is 23.5 Å². The van der Waals surface area contributed by atoms with Gasteiger partial charge in [-0.25, -0.2) is 30.7 Å². The summed E-state index contributed by atoms with van der Waals surface area (Å²) in [5, 5.41) is 4.59. The van der Waals surface area contributed by atoms with E-state index in [1.807, 2.05) is 0 Å². The lowest BCUT2D eigenvalue weighted by molar-refractivity contribution is -0.122. The molecule has 0 saturated heterocycles. The number of aliphatic imine (C=N–C) groups is 1. The van der Waals surface area contributed by atoms with Crippen LogP contribution < -0.4 is 10.6 Å². The maximum Gasteiger partial charge on any atom is 0.336 e. The Morgan fingerprint density at radius 2 is 2.10 bits per heavy atom. The van der Waals surface area contributed by atoms with Crippen LogP contribution in [0.5, 0.6) is 0 Å². The lowest BCUT2D eigenvalue weighted by Gasteiger charge is -2.34. The predicted molar refractivity (Wildman–Crippen MR) is 97.8 cm³/mol. The van der Waals surface area contributed by atoms with Crippen molar-refractivity contribution in [2.75, 3.05) is 18.4 Å². The van der Waals surface area contributed by atoms with Crippen LogP contribution in [-0.2, 0) is 14.8 Å². The van der Waals surface area contributed by atoms with Crippen LogP contribution in [0.3, 0.4) is 0 Å². The van der Waals surface area contributed by atoms with Crippen molar-refractivity contribution >= 4 is 33.9 Å². The van der Waals surface area contributed by atoms with E-state index in [2.05, 4.69) is 15.6 Å². The quantitative estimate of drug-likeness (QED) is 0.755. The van der Waals surface area contributed by atoms with Gasteiger partial charge in [0.05, 0.1) is 5.69 Å². The van der Waals surface area contributed by atoms with Gasteiger partial charge in [0.1, 0.15) is 17.6 Å². The summed E-state index contributed by atoms with van der Waals surface area (Å²) in [4.78, 5) is 27.3. The summed E-state index contributed by atoms with van der Waals surface area (Å²) < 4.78 is 67.0. The summed E-state index contributed by atoms with van der Waals surface area (Å²) in [7, 11) is -4.81. The first-order chi connectivity index (χ1) is 13.5. The van der Waals surface area contributed by atoms with Gasteiger partial charge >= 0.3 is 6.03 Å². The second-order valence-electron chi connectivity index (χ2n) is 7.05. The fraction of sp³-hybridized carbons (Fsp3) is 0.471. The number of urea groups is 1. The Kier molecular flexibility index (Phi) is 5.57. The minimum absolute atomic E-state index is 0.110. The maximum atomic E-state index is 14.1. The van der Waals surface area contributed by atoms with E-state index in [1.165, 1.54) is 0 Å². The molecule has 8 nitrogen and oxygen atoms in total. The first kappa shape index (κ1) is 21.1. The minimum Gasteiger partial charge on any atom is -0.352 e. The number of rotatable bonds is 4. The molecule has 2 aliphatic rings. The summed E-state index contributed by atoms with van der Waals surface area (Å²) in [5.41, 5.74) is -0.422. The zero-order valence-electron chi connectivity index (χ0n) is 15.5. The number of amides is 3. The van der Waals surface area contributed by atoms with E-state index < -0.39 is 68.9 Å². The SMILES string of the molecule is CC1CN=CC(F)C1[C@@H](C)NC(=O)CN1C(=O)Nc2ccc(F)c(F)c2S1(=O)=O. The van der Waals surface area contributed by atoms with Gasteiger partial charge in [-0.05, 0) is 25.0 Å². The molecule has 3 unspecified atom stereocenters. The van der Waals surface area contributed by atoms with E-state index in [9.17, 15) is 31.2 Å². The molecule has 2 aliphatic heterocycles. The second kappa shape index (κ2) is 7.65. The van der Waals surface area contributed by atoms with Crippen LogP contribution in [0.1, 0.15) is 13.8 Å². The molecule has 12 heteroatoms. The van der Waals surface area contributed by atoms with Gasteiger partial charge in [0, 0.05) is 24.7 Å². The Morgan fingerprint density at radius 1 is 1.41 bits per heavy atom. The van der Waals surface area contributed by atoms with Crippen molar-refractivity contribution in [3.8, 4) is 0 Å². The number of benzene rings is 1. The fourth-order valence-corrected chi connectivity index (χ4v) is 5.09. The van der Waals surface area contributed by atoms with E-state index in [1.54, 1.807) is 13.8 Å². The second-order valence-corrected chi connectivity index (χ2v) is 8.85. The third kappa shape index (κ3) is 3.80. The number of carbonyl (C=O) groups is 2. The average molecular weight is 432 g/mol. The van der Waals surface area contributed by atoms with Crippen molar-refractivity contribution in [3.63, 3.8) is 0 Å². The highest BCUT2D eigenvalue weighted by Gasteiger charge is 2.42. The summed E-state index contributed by atoms with van der Waals surface area (Å²) in [6.45, 7) is 2.74. The monoisotopic (exact) mass is 432 g/mol. The number of anilines is 1. The molecule has 3 amide bonds. The molecular weight excluding hydrogens is 413 g/mol. The van der Waals surface area contributed by atoms with E-state index in [4.69, 9.17) is 0 Å². The molecule has 1 aromatic carbocycles. The largest absolute Gasteiger partial charge is 0.352 e. The van der Waals surface area contributed by atoms with E-state index in [0.29, 0.717) is 12.6 Å². The summed E-state index contributed by atoms with van der Waals surface area (Å²) >= 11 is 0. The lowest BCUT2D eigenvalue weighted by atomic mass is 9.82. The molecule has 2 heterocycles. The van der Waals surface area contributed by atoms with Crippen LogP contribution >= 0.6 is 0 Å². The van der Waals surface area contributed by atoms with Gasteiger partial charge in [-0.3, -0.25) is 9.79 Å². The van der Waals surface area contributed by atoms with Crippen LogP contribution in [0.4, 0.5) is 23.7 Å². The van der Waals surface area contributed by atoms with Gasteiger partial charge in [-0.2, -0.15) is 0 Å². The number of nitrogens with zero attached hydrogens (tertiary/aromatic N) is 2. The maximum absolute atomic E-state index is 14.1. The highest BCUT2D eigenvalue weighted by Crippen LogP contribution is 2.33. The van der Waals surface area contributed by atoms with Crippen LogP contribution in [0.15, 0.2) is 22.0 Å². The lowest BCUT2D eigenvalue weighted by Crippen LogP contribution is -2.52. The predicted octanol–water partition coefficient (Wildman–Crippen LogP) is 1.68. The number of nitrogens with one attached hydrogen (secondary N) is 2. The standard InChI is InChI=1S/C17H19F3N4O4S/c1-8-5-21-6-11(19)14(8)9(2)22-13(25)7-24-17(26)23-12-4-3-10(18)15(20)16(12)29(24,27)28/h3-4,6,8-9,11,14H,5,7H2,1-2H3,(H,22,25)(H,23,26)/t8?,9-,11?,14?/m1/s1. The number of fused-ring (bicyclic) bond motifs is 1. The highest BCUT2D eigenvalue weighted by atomic mass is 32.2. The zero-order valence-corrected chi connectivity index (χ0v) is 16.3. The van der Waals surface area contributed by atoms with Crippen molar-refractivity contribution < 1.29 is 31.2 Å². The Hall–Kier alpha value is -2.63. The zero-order chi connectivity index (χ0) is 21.5. The number of hydrogen-bond donors (Lipinski definition) is 2. The van der Waals surface area contributed by atoms with Gasteiger partial charge in [0.15, 0.2) is 11.6 Å². The summed E-state index contributed by atoms with van der Waals surface area (Å²) in [6.07, 6.45) is -0.232. The number of sulfonamides is 1. The Morgan fingerprint density at radius 3 is 2.76 bits per heavy atom. The molecule has 158 valence electrons. The Bertz CT molecular complexity index is 985. The number of alkyl halides is 1. The highest BCUT2D eigenvalue weighted by molar-refractivity contribution is 7.90. The minimum atomic E-state index is -4.81. The molecule has 0 spiro atoms. The molecule has 0 fully saturated rings. The molecule has 3 rings (SSSR count). The van der Waals surface area contributed by atoms with Crippen LogP contribution in [-0.4, -0.2) is 56.2 Å². The van der Waals surface area contributed by atoms with Gasteiger partial charge < -0.3 is 10.6 Å². The van der Waals surface area contributed by atoms with Crippen LogP contribution in [0.2, 0.25) is 0 Å². The Balaban J connectivity index is 1.79. The van der Waals surface area contributed by atoms with Crippen molar-refractivity contribution in [1.82, 2.24) is 9.62 Å². The Labute approximate surface area is 165 Å². The molecule has 29 heavy (non-hydrogen) atoms. The fourth-order valence-electron chi connectivity index (χ4n) is 3.59. The normalized spacial score (nSPS) is 26.4. The molecule has 1 aromatic rings. The van der Waals surface area contributed by atoms with Crippen molar-refractivity contribution in [1.29, 1.82) is 0 Å². The van der Waals surface area contributed by atoms with Gasteiger partial charge in [-0.1, -0.05) is 6.92 Å². The van der Waals surface area contributed by atoms with E-state index >= 15 is 0 Å². The molecular formula is C17H19F3N4O4S.